The molecule has 2 aromatic carbocycles. The molecular formula is C18H18Cl2N4O2. The van der Waals surface area contributed by atoms with Crippen LogP contribution < -0.4 is 10.4 Å². The first-order valence-corrected chi connectivity index (χ1v) is 8.86. The Hall–Kier alpha value is -2.31. The molecule has 0 saturated heterocycles. The highest BCUT2D eigenvalue weighted by Gasteiger charge is 2.15. The van der Waals surface area contributed by atoms with Gasteiger partial charge in [-0.15, -0.1) is 0 Å². The fourth-order valence-electron chi connectivity index (χ4n) is 2.67. The number of rotatable bonds is 5. The van der Waals surface area contributed by atoms with Crippen LogP contribution in [0.2, 0.25) is 10.0 Å². The van der Waals surface area contributed by atoms with Gasteiger partial charge in [-0.3, -0.25) is 0 Å². The van der Waals surface area contributed by atoms with Crippen LogP contribution in [0.5, 0.6) is 5.75 Å². The van der Waals surface area contributed by atoms with Crippen LogP contribution in [-0.4, -0.2) is 19.8 Å². The molecule has 1 aromatic heterocycles. The van der Waals surface area contributed by atoms with Gasteiger partial charge in [0.15, 0.2) is 0 Å². The Morgan fingerprint density at radius 3 is 2.58 bits per heavy atom. The van der Waals surface area contributed by atoms with Crippen LogP contribution in [0.1, 0.15) is 23.6 Å². The summed E-state index contributed by atoms with van der Waals surface area (Å²) in [6, 6.07) is 9.15. The summed E-state index contributed by atoms with van der Waals surface area (Å²) >= 11 is 12.4. The Labute approximate surface area is 160 Å². The van der Waals surface area contributed by atoms with Gasteiger partial charge in [-0.25, -0.2) is 4.79 Å². The SMILES string of the molecule is CCc1cccc(-n2nnn(C)c2=O)c1COc1cc(Cl)c(C)cc1Cl. The molecule has 3 rings (SSSR count). The van der Waals surface area contributed by atoms with Crippen molar-refractivity contribution in [3.8, 4) is 11.4 Å². The normalized spacial score (nSPS) is 11.0. The monoisotopic (exact) mass is 392 g/mol. The van der Waals surface area contributed by atoms with Crippen molar-refractivity contribution in [2.45, 2.75) is 26.9 Å². The highest BCUT2D eigenvalue weighted by molar-refractivity contribution is 6.34. The van der Waals surface area contributed by atoms with Crippen molar-refractivity contribution in [2.24, 2.45) is 7.05 Å². The van der Waals surface area contributed by atoms with Crippen LogP contribution in [0.15, 0.2) is 35.1 Å². The molecule has 0 bridgehead atoms. The number of tetrazole rings is 1. The second-order valence-corrected chi connectivity index (χ2v) is 6.70. The first-order valence-electron chi connectivity index (χ1n) is 8.11. The van der Waals surface area contributed by atoms with Gasteiger partial charge in [0.1, 0.15) is 12.4 Å². The van der Waals surface area contributed by atoms with E-state index in [0.717, 1.165) is 23.1 Å². The van der Waals surface area contributed by atoms with E-state index in [-0.39, 0.29) is 12.3 Å². The molecule has 6 nitrogen and oxygen atoms in total. The van der Waals surface area contributed by atoms with E-state index < -0.39 is 0 Å². The third-order valence-corrected chi connectivity index (χ3v) is 4.87. The largest absolute Gasteiger partial charge is 0.487 e. The Bertz CT molecular complexity index is 1010. The molecule has 1 heterocycles. The van der Waals surface area contributed by atoms with Crippen LogP contribution in [0.3, 0.4) is 0 Å². The summed E-state index contributed by atoms with van der Waals surface area (Å²) in [4.78, 5) is 12.3. The molecule has 3 aromatic rings. The lowest BCUT2D eigenvalue weighted by molar-refractivity contribution is 0.304. The van der Waals surface area contributed by atoms with Crippen molar-refractivity contribution in [2.75, 3.05) is 0 Å². The third kappa shape index (κ3) is 3.48. The highest BCUT2D eigenvalue weighted by atomic mass is 35.5. The van der Waals surface area contributed by atoms with Gasteiger partial charge < -0.3 is 4.74 Å². The minimum absolute atomic E-state index is 0.224. The average Bonchev–Trinajstić information content (AvgIpc) is 2.95. The molecule has 0 aliphatic rings. The molecule has 0 aliphatic carbocycles. The zero-order valence-electron chi connectivity index (χ0n) is 14.7. The lowest BCUT2D eigenvalue weighted by Gasteiger charge is -2.15. The van der Waals surface area contributed by atoms with Crippen molar-refractivity contribution in [1.82, 2.24) is 19.8 Å². The predicted octanol–water partition coefficient (Wildman–Crippen LogP) is 3.72. The van der Waals surface area contributed by atoms with E-state index in [4.69, 9.17) is 27.9 Å². The maximum absolute atomic E-state index is 12.3. The summed E-state index contributed by atoms with van der Waals surface area (Å²) in [6.45, 7) is 4.14. The molecule has 0 unspecified atom stereocenters. The van der Waals surface area contributed by atoms with Crippen molar-refractivity contribution in [1.29, 1.82) is 0 Å². The van der Waals surface area contributed by atoms with Crippen LogP contribution in [0.25, 0.3) is 5.69 Å². The van der Waals surface area contributed by atoms with E-state index in [1.165, 1.54) is 9.36 Å². The Balaban J connectivity index is 2.01. The van der Waals surface area contributed by atoms with E-state index in [1.807, 2.05) is 32.0 Å². The van der Waals surface area contributed by atoms with Crippen molar-refractivity contribution in [3.05, 3.63) is 67.6 Å². The lowest BCUT2D eigenvalue weighted by Crippen LogP contribution is -2.23. The molecule has 26 heavy (non-hydrogen) atoms. The molecule has 0 amide bonds. The molecule has 0 fully saturated rings. The van der Waals surface area contributed by atoms with Gasteiger partial charge in [0, 0.05) is 23.7 Å². The van der Waals surface area contributed by atoms with E-state index >= 15 is 0 Å². The predicted molar refractivity (Wildman–Crippen MR) is 102 cm³/mol. The molecule has 0 atom stereocenters. The van der Waals surface area contributed by atoms with E-state index in [1.54, 1.807) is 19.2 Å². The molecule has 8 heteroatoms. The number of benzene rings is 2. The zero-order valence-corrected chi connectivity index (χ0v) is 16.2. The maximum Gasteiger partial charge on any atom is 0.368 e. The van der Waals surface area contributed by atoms with Crippen LogP contribution >= 0.6 is 23.2 Å². The average molecular weight is 393 g/mol. The minimum atomic E-state index is -0.323. The van der Waals surface area contributed by atoms with Crippen LogP contribution in [-0.2, 0) is 20.1 Å². The van der Waals surface area contributed by atoms with E-state index in [9.17, 15) is 4.79 Å². The van der Waals surface area contributed by atoms with Gasteiger partial charge in [0.2, 0.25) is 0 Å². The summed E-state index contributed by atoms with van der Waals surface area (Å²) in [5, 5.41) is 8.78. The van der Waals surface area contributed by atoms with Crippen LogP contribution in [0, 0.1) is 6.92 Å². The summed E-state index contributed by atoms with van der Waals surface area (Å²) in [5.74, 6) is 0.491. The second kappa shape index (κ2) is 7.51. The summed E-state index contributed by atoms with van der Waals surface area (Å²) in [6.07, 6.45) is 0.782. The molecule has 0 radical (unpaired) electrons. The fraction of sp³-hybridized carbons (Fsp3) is 0.278. The van der Waals surface area contributed by atoms with Gasteiger partial charge >= 0.3 is 5.69 Å². The number of hydrogen-bond donors (Lipinski definition) is 0. The highest BCUT2D eigenvalue weighted by Crippen LogP contribution is 2.32. The number of ether oxygens (including phenoxy) is 1. The Morgan fingerprint density at radius 1 is 1.15 bits per heavy atom. The number of hydrogen-bond acceptors (Lipinski definition) is 4. The van der Waals surface area contributed by atoms with Gasteiger partial charge in [-0.05, 0) is 47.0 Å². The lowest BCUT2D eigenvalue weighted by atomic mass is 10.0. The topological polar surface area (TPSA) is 61.9 Å². The standard InChI is InChI=1S/C18H18Cl2N4O2/c1-4-12-6-5-7-16(24-18(25)23(3)21-22-24)13(12)10-26-17-9-14(19)11(2)8-15(17)20/h5-9H,4,10H2,1-3H3. The molecule has 0 aliphatic heterocycles. The fourth-order valence-corrected chi connectivity index (χ4v) is 3.10. The molecular weight excluding hydrogens is 375 g/mol. The number of nitrogens with zero attached hydrogens (tertiary/aromatic N) is 4. The van der Waals surface area contributed by atoms with Crippen molar-refractivity contribution < 1.29 is 4.74 Å². The minimum Gasteiger partial charge on any atom is -0.487 e. The van der Waals surface area contributed by atoms with Gasteiger partial charge in [0.25, 0.3) is 0 Å². The maximum atomic E-state index is 12.3. The van der Waals surface area contributed by atoms with Gasteiger partial charge in [-0.1, -0.05) is 42.3 Å². The molecule has 0 saturated carbocycles. The second-order valence-electron chi connectivity index (χ2n) is 5.89. The number of aromatic nitrogens is 4. The Kier molecular flexibility index (Phi) is 5.34. The summed E-state index contributed by atoms with van der Waals surface area (Å²) in [5.41, 5.74) is 3.09. The van der Waals surface area contributed by atoms with Crippen LogP contribution in [0.4, 0.5) is 0 Å². The molecule has 136 valence electrons. The zero-order chi connectivity index (χ0) is 18.8. The quantitative estimate of drug-likeness (QED) is 0.663. The molecule has 0 N–H and O–H groups in total. The third-order valence-electron chi connectivity index (χ3n) is 4.16. The summed E-state index contributed by atoms with van der Waals surface area (Å²) < 4.78 is 8.37. The van der Waals surface area contributed by atoms with E-state index in [0.29, 0.717) is 21.5 Å². The Morgan fingerprint density at radius 2 is 1.92 bits per heavy atom. The van der Waals surface area contributed by atoms with Crippen molar-refractivity contribution >= 4 is 23.2 Å². The van der Waals surface area contributed by atoms with Gasteiger partial charge in [0.05, 0.1) is 10.7 Å². The summed E-state index contributed by atoms with van der Waals surface area (Å²) in [7, 11) is 1.56. The number of halogens is 2. The smallest absolute Gasteiger partial charge is 0.368 e. The van der Waals surface area contributed by atoms with E-state index in [2.05, 4.69) is 10.4 Å². The van der Waals surface area contributed by atoms with Crippen molar-refractivity contribution in [3.63, 3.8) is 0 Å². The number of aryl methyl sites for hydroxylation is 3. The first-order chi connectivity index (χ1) is 12.4. The first kappa shape index (κ1) is 18.5. The molecule has 0 spiro atoms. The van der Waals surface area contributed by atoms with Gasteiger partial charge in [-0.2, -0.15) is 9.36 Å².